The van der Waals surface area contributed by atoms with E-state index in [4.69, 9.17) is 34.4 Å². The Morgan fingerprint density at radius 3 is 0.755 bits per heavy atom. The van der Waals surface area contributed by atoms with E-state index in [1.54, 1.807) is 0 Å². The number of hydrogen-bond donors (Lipinski definition) is 17. The average molecular weight is 1340 g/mol. The minimum Gasteiger partial charge on any atom is -0.368 e. The summed E-state index contributed by atoms with van der Waals surface area (Å²) in [6.07, 6.45) is 11.0. The highest BCUT2D eigenvalue weighted by Gasteiger charge is 2.36. The second kappa shape index (κ2) is 50.8. The normalized spacial score (nSPS) is 14.9. The van der Waals surface area contributed by atoms with Gasteiger partial charge in [-0.2, -0.15) is 0 Å². The summed E-state index contributed by atoms with van der Waals surface area (Å²) in [5, 5.41) is 29.9. The number of nitrogens with two attached hydrogens (primary N) is 6. The predicted octanol–water partition coefficient (Wildman–Crippen LogP) is 0.00800. The van der Waals surface area contributed by atoms with Gasteiger partial charge in [-0.15, -0.1) is 0 Å². The molecule has 0 radical (unpaired) electrons. The lowest BCUT2D eigenvalue weighted by molar-refractivity contribution is -0.136. The van der Waals surface area contributed by atoms with E-state index in [0.717, 1.165) is 25.7 Å². The van der Waals surface area contributed by atoms with Crippen molar-refractivity contribution in [2.75, 3.05) is 32.7 Å². The summed E-state index contributed by atoms with van der Waals surface area (Å²) in [7, 11) is 0. The molecule has 0 aromatic carbocycles. The Labute approximate surface area is 559 Å². The summed E-state index contributed by atoms with van der Waals surface area (Å²) in [6.45, 7) is 18.9. The second-order valence-electron chi connectivity index (χ2n) is 26.1. The van der Waals surface area contributed by atoms with Crippen molar-refractivity contribution < 1.29 is 57.5 Å². The molecule has 0 unspecified atom stereocenters. The number of amides is 12. The van der Waals surface area contributed by atoms with Gasteiger partial charge in [-0.1, -0.05) is 74.1 Å². The summed E-state index contributed by atoms with van der Waals surface area (Å²) in [5.74, 6) is -8.41. The quantitative estimate of drug-likeness (QED) is 0.0357. The van der Waals surface area contributed by atoms with E-state index in [0.29, 0.717) is 96.7 Å². The first-order valence-corrected chi connectivity index (χ1v) is 34.6. The lowest BCUT2D eigenvalue weighted by Gasteiger charge is -2.28. The van der Waals surface area contributed by atoms with Crippen molar-refractivity contribution in [3.8, 4) is 0 Å². The van der Waals surface area contributed by atoms with E-state index in [-0.39, 0.29) is 88.1 Å². The van der Waals surface area contributed by atoms with Crippen LogP contribution in [-0.2, 0) is 57.5 Å². The Morgan fingerprint density at radius 2 is 0.500 bits per heavy atom. The van der Waals surface area contributed by atoms with Gasteiger partial charge in [-0.25, -0.2) is 0 Å². The van der Waals surface area contributed by atoms with E-state index in [1.165, 1.54) is 20.8 Å². The highest BCUT2D eigenvalue weighted by Crippen LogP contribution is 2.15. The number of rotatable bonds is 54. The number of nitrogens with one attached hydrogen (secondary N) is 11. The van der Waals surface area contributed by atoms with Gasteiger partial charge in [0.05, 0.1) is 0 Å². The van der Waals surface area contributed by atoms with Gasteiger partial charge < -0.3 is 92.9 Å². The molecular weight excluding hydrogens is 1210 g/mol. The fourth-order valence-electron chi connectivity index (χ4n) is 10.2. The molecular formula is C65H125N17O12. The molecule has 0 heterocycles. The van der Waals surface area contributed by atoms with Crippen molar-refractivity contribution >= 4 is 70.9 Å². The third-order valence-corrected chi connectivity index (χ3v) is 15.7. The second-order valence-corrected chi connectivity index (χ2v) is 26.1. The minimum absolute atomic E-state index is 0.0715. The van der Waals surface area contributed by atoms with Gasteiger partial charge in [0, 0.05) is 6.42 Å². The van der Waals surface area contributed by atoms with Crippen molar-refractivity contribution in [1.82, 2.24) is 58.5 Å². The lowest BCUT2D eigenvalue weighted by atomic mass is 10.0. The van der Waals surface area contributed by atoms with Crippen LogP contribution < -0.4 is 92.9 Å². The van der Waals surface area contributed by atoms with E-state index in [2.05, 4.69) is 65.4 Å². The zero-order valence-electron chi connectivity index (χ0n) is 58.5. The third kappa shape index (κ3) is 38.7. The molecule has 0 aliphatic carbocycles. The standard InChI is InChI=1S/C65H125N17O12/c1-11-12-13-14-15-31-54(83)75-46(26-16-21-32-66)58(87)78-49(29-19-24-35-69)61(90)82-53(39-42(6)7)65(94)74-45(10)57(86)77-48(28-18-23-34-68)60(89)81-52(38-41(4)5)64(93)73-44(9)56(85)76-47(27-17-22-33-67)59(88)79-50(30-20-25-36-70)62(91)80-51(37-40(2)3)63(92)72-43(8)55(71)84/h40-53H,11-39,66-70H2,1-10H3,(H2,71,84)(H,72,92)(H,73,93)(H,74,94)(H,75,83)(H,76,85)(H,77,86)(H,78,87)(H,79,88)(H,80,91)(H,81,89)(H,82,90)/t43-,44-,45-,46-,47-,48-,49-,50-,51-,52-,53-/m0/s1. The molecule has 11 atom stereocenters. The molecule has 0 spiro atoms. The molecule has 23 N–H and O–H groups in total. The van der Waals surface area contributed by atoms with Crippen LogP contribution in [0.4, 0.5) is 0 Å². The van der Waals surface area contributed by atoms with E-state index < -0.39 is 131 Å². The van der Waals surface area contributed by atoms with Crippen LogP contribution in [0.25, 0.3) is 0 Å². The van der Waals surface area contributed by atoms with Gasteiger partial charge >= 0.3 is 0 Å². The summed E-state index contributed by atoms with van der Waals surface area (Å²) in [4.78, 5) is 165. The molecule has 12 amide bonds. The van der Waals surface area contributed by atoms with Crippen LogP contribution in [0.3, 0.4) is 0 Å². The predicted molar refractivity (Wildman–Crippen MR) is 364 cm³/mol. The van der Waals surface area contributed by atoms with E-state index in [9.17, 15) is 57.5 Å². The molecule has 0 rings (SSSR count). The molecule has 0 bridgehead atoms. The van der Waals surface area contributed by atoms with Gasteiger partial charge in [0.1, 0.15) is 66.5 Å². The van der Waals surface area contributed by atoms with Crippen LogP contribution in [0.15, 0.2) is 0 Å². The number of unbranched alkanes of at least 4 members (excludes halogenated alkanes) is 9. The average Bonchev–Trinajstić information content (AvgIpc) is 0.987. The Kier molecular flexibility index (Phi) is 47.3. The molecule has 29 nitrogen and oxygen atoms in total. The molecule has 94 heavy (non-hydrogen) atoms. The Morgan fingerprint density at radius 1 is 0.266 bits per heavy atom. The van der Waals surface area contributed by atoms with Crippen molar-refractivity contribution in [2.45, 2.75) is 290 Å². The molecule has 0 saturated heterocycles. The van der Waals surface area contributed by atoms with Crippen LogP contribution in [0.2, 0.25) is 0 Å². The monoisotopic (exact) mass is 1340 g/mol. The van der Waals surface area contributed by atoms with Crippen LogP contribution in [0, 0.1) is 17.8 Å². The first kappa shape index (κ1) is 87.4. The Hall–Kier alpha value is -6.56. The lowest BCUT2D eigenvalue weighted by Crippen LogP contribution is -2.60. The van der Waals surface area contributed by atoms with Crippen LogP contribution in [0.1, 0.15) is 223 Å². The van der Waals surface area contributed by atoms with Crippen LogP contribution >= 0.6 is 0 Å². The van der Waals surface area contributed by atoms with Gasteiger partial charge in [-0.3, -0.25) is 57.5 Å². The first-order valence-electron chi connectivity index (χ1n) is 34.6. The summed E-state index contributed by atoms with van der Waals surface area (Å²) in [5.41, 5.74) is 34.3. The molecule has 29 heteroatoms. The maximum Gasteiger partial charge on any atom is 0.243 e. The fourth-order valence-corrected chi connectivity index (χ4v) is 10.2. The molecule has 0 aliphatic heterocycles. The SMILES string of the molecule is CCCCCCCC(=O)N[C@@H](CCCCN)C(=O)N[C@@H](CCCCN)C(=O)N[C@@H](CC(C)C)C(=O)N[C@@H](C)C(=O)N[C@@H](CCCCN)C(=O)N[C@@H](CC(C)C)C(=O)N[C@@H](C)C(=O)N[C@@H](CCCCN)C(=O)N[C@@H](CCCCN)C(=O)N[C@@H](CC(C)C)C(=O)N[C@@H](C)C(N)=O. The van der Waals surface area contributed by atoms with E-state index >= 15 is 0 Å². The minimum atomic E-state index is -1.28. The number of primary amides is 1. The highest BCUT2D eigenvalue weighted by molar-refractivity contribution is 5.99. The number of carbonyl (C=O) groups is 12. The van der Waals surface area contributed by atoms with Gasteiger partial charge in [0.15, 0.2) is 0 Å². The largest absolute Gasteiger partial charge is 0.368 e. The van der Waals surface area contributed by atoms with Gasteiger partial charge in [0.2, 0.25) is 70.9 Å². The molecule has 542 valence electrons. The number of carbonyl (C=O) groups excluding carboxylic acids is 12. The Bertz CT molecular complexity index is 2300. The first-order chi connectivity index (χ1) is 44.5. The van der Waals surface area contributed by atoms with Gasteiger partial charge in [0.25, 0.3) is 0 Å². The fraction of sp³-hybridized carbons (Fsp3) is 0.815. The Balaban J connectivity index is 6.59. The molecule has 0 aromatic rings. The third-order valence-electron chi connectivity index (χ3n) is 15.7. The highest BCUT2D eigenvalue weighted by atomic mass is 16.2. The van der Waals surface area contributed by atoms with Crippen LogP contribution in [-0.4, -0.2) is 170 Å². The zero-order valence-corrected chi connectivity index (χ0v) is 58.5. The maximum atomic E-state index is 14.3. The summed E-state index contributed by atoms with van der Waals surface area (Å²) >= 11 is 0. The van der Waals surface area contributed by atoms with Crippen molar-refractivity contribution in [3.63, 3.8) is 0 Å². The van der Waals surface area contributed by atoms with Crippen molar-refractivity contribution in [2.24, 2.45) is 52.2 Å². The van der Waals surface area contributed by atoms with E-state index in [1.807, 2.05) is 41.5 Å². The summed E-state index contributed by atoms with van der Waals surface area (Å²) in [6, 6.07) is -12.7. The van der Waals surface area contributed by atoms with Crippen molar-refractivity contribution in [3.05, 3.63) is 0 Å². The van der Waals surface area contributed by atoms with Crippen LogP contribution in [0.5, 0.6) is 0 Å². The molecule has 0 fully saturated rings. The smallest absolute Gasteiger partial charge is 0.243 e. The molecule has 0 aliphatic rings. The zero-order chi connectivity index (χ0) is 71.3. The molecule has 0 aromatic heterocycles. The summed E-state index contributed by atoms with van der Waals surface area (Å²) < 4.78 is 0. The number of hydrogen-bond acceptors (Lipinski definition) is 17. The topological polar surface area (TPSA) is 493 Å². The van der Waals surface area contributed by atoms with Crippen molar-refractivity contribution in [1.29, 1.82) is 0 Å². The van der Waals surface area contributed by atoms with Gasteiger partial charge in [-0.05, 0) is 193 Å². The molecule has 0 saturated carbocycles. The maximum absolute atomic E-state index is 14.3.